The average molecular weight is 659 g/mol. The average Bonchev–Trinajstić information content (AvgIpc) is 3.17. The van der Waals surface area contributed by atoms with Gasteiger partial charge in [-0.1, -0.05) is 91.0 Å². The number of benzene rings is 5. The van der Waals surface area contributed by atoms with E-state index in [0.717, 1.165) is 62.1 Å². The molecule has 0 aliphatic heterocycles. The minimum absolute atomic E-state index is 0.468. The first kappa shape index (κ1) is 33.4. The van der Waals surface area contributed by atoms with Crippen molar-refractivity contribution in [3.63, 3.8) is 0 Å². The number of ether oxygens (including phenoxy) is 2. The van der Waals surface area contributed by atoms with Gasteiger partial charge >= 0.3 is 0 Å². The Balaban J connectivity index is 0.000000178. The molecule has 5 aromatic carbocycles. The van der Waals surface area contributed by atoms with Crippen molar-refractivity contribution < 1.29 is 9.47 Å². The fourth-order valence-corrected chi connectivity index (χ4v) is 5.21. The molecule has 0 saturated heterocycles. The van der Waals surface area contributed by atoms with Gasteiger partial charge in [0.2, 0.25) is 0 Å². The Hall–Kier alpha value is -6.54. The summed E-state index contributed by atoms with van der Waals surface area (Å²) in [4.78, 5) is 18.0. The Labute approximate surface area is 292 Å². The van der Waals surface area contributed by atoms with Crippen LogP contribution in [0.2, 0.25) is 0 Å². The lowest BCUT2D eigenvalue weighted by molar-refractivity contribution is 0.306. The minimum Gasteiger partial charge on any atom is -0.497 e. The van der Waals surface area contributed by atoms with E-state index in [4.69, 9.17) is 25.9 Å². The Morgan fingerprint density at radius 1 is 0.480 bits per heavy atom. The number of aromatic nitrogens is 4. The second kappa shape index (κ2) is 16.5. The fraction of sp³-hybridized carbons (Fsp3) is 0.0952. The highest BCUT2D eigenvalue weighted by Crippen LogP contribution is 2.24. The fourth-order valence-electron chi connectivity index (χ4n) is 5.21. The van der Waals surface area contributed by atoms with Crippen molar-refractivity contribution in [3.05, 3.63) is 180 Å². The molecule has 2 aromatic heterocycles. The highest BCUT2D eigenvalue weighted by atomic mass is 16.5. The molecule has 0 saturated carbocycles. The summed E-state index contributed by atoms with van der Waals surface area (Å²) in [5, 5.41) is 0. The molecular weight excluding hydrogens is 621 g/mol. The van der Waals surface area contributed by atoms with E-state index < -0.39 is 0 Å². The lowest BCUT2D eigenvalue weighted by atomic mass is 10.1. The highest BCUT2D eigenvalue weighted by Gasteiger charge is 2.10. The van der Waals surface area contributed by atoms with Gasteiger partial charge in [0.05, 0.1) is 42.3 Å². The van der Waals surface area contributed by atoms with Crippen LogP contribution >= 0.6 is 0 Å². The van der Waals surface area contributed by atoms with Crippen LogP contribution in [0.1, 0.15) is 28.1 Å². The van der Waals surface area contributed by atoms with E-state index in [1.165, 1.54) is 0 Å². The van der Waals surface area contributed by atoms with Crippen LogP contribution in [-0.4, -0.2) is 27.0 Å². The molecule has 0 radical (unpaired) electrons. The number of methoxy groups -OCH3 is 1. The summed E-state index contributed by atoms with van der Waals surface area (Å²) in [5.41, 5.74) is 20.6. The Kier molecular flexibility index (Phi) is 11.0. The van der Waals surface area contributed by atoms with Crippen LogP contribution in [0, 0.1) is 0 Å². The number of anilines is 2. The molecule has 2 heterocycles. The molecule has 4 N–H and O–H groups in total. The summed E-state index contributed by atoms with van der Waals surface area (Å²) in [6.07, 6.45) is 4.74. The molecular formula is C42H38N6O2. The Morgan fingerprint density at radius 2 is 0.880 bits per heavy atom. The summed E-state index contributed by atoms with van der Waals surface area (Å²) < 4.78 is 11.0. The zero-order valence-electron chi connectivity index (χ0n) is 27.8. The van der Waals surface area contributed by atoms with Gasteiger partial charge < -0.3 is 20.9 Å². The number of nitrogen functional groups attached to an aromatic ring is 2. The Morgan fingerprint density at radius 3 is 1.30 bits per heavy atom. The highest BCUT2D eigenvalue weighted by molar-refractivity contribution is 5.62. The summed E-state index contributed by atoms with van der Waals surface area (Å²) in [7, 11) is 1.65. The van der Waals surface area contributed by atoms with E-state index in [0.29, 0.717) is 31.1 Å². The molecule has 0 fully saturated rings. The molecule has 7 aromatic rings. The maximum atomic E-state index is 6.04. The van der Waals surface area contributed by atoms with E-state index in [-0.39, 0.29) is 0 Å². The Bertz CT molecular complexity index is 2090. The molecule has 50 heavy (non-hydrogen) atoms. The van der Waals surface area contributed by atoms with E-state index in [1.54, 1.807) is 19.5 Å². The first-order valence-electron chi connectivity index (χ1n) is 16.3. The zero-order chi connectivity index (χ0) is 34.5. The third kappa shape index (κ3) is 9.08. The third-order valence-electron chi connectivity index (χ3n) is 7.97. The molecule has 0 unspecified atom stereocenters. The van der Waals surface area contributed by atoms with Crippen molar-refractivity contribution in [2.24, 2.45) is 0 Å². The molecule has 0 aliphatic rings. The van der Waals surface area contributed by atoms with Gasteiger partial charge in [-0.15, -0.1) is 0 Å². The summed E-state index contributed by atoms with van der Waals surface area (Å²) in [6, 6.07) is 46.0. The van der Waals surface area contributed by atoms with E-state index in [1.807, 2.05) is 115 Å². The van der Waals surface area contributed by atoms with E-state index >= 15 is 0 Å². The number of hydrogen-bond acceptors (Lipinski definition) is 8. The van der Waals surface area contributed by atoms with Crippen molar-refractivity contribution in [1.29, 1.82) is 0 Å². The topological polar surface area (TPSA) is 122 Å². The van der Waals surface area contributed by atoms with Gasteiger partial charge in [-0.2, -0.15) is 0 Å². The molecule has 0 bridgehead atoms. The van der Waals surface area contributed by atoms with Gasteiger partial charge in [0, 0.05) is 24.0 Å². The SMILES string of the molecule is COc1ccc(-c2cnc(N)c(Cc3ccccc3)n2)cc1.Nc1ncc(-c2ccc(OCc3ccccc3)cc2)nc1Cc1ccccc1. The third-order valence-corrected chi connectivity index (χ3v) is 7.97. The van der Waals surface area contributed by atoms with Gasteiger partial charge in [-0.3, -0.25) is 0 Å². The van der Waals surface area contributed by atoms with Crippen LogP contribution in [0.5, 0.6) is 11.5 Å². The van der Waals surface area contributed by atoms with Crippen LogP contribution in [0.3, 0.4) is 0 Å². The predicted molar refractivity (Wildman–Crippen MR) is 200 cm³/mol. The van der Waals surface area contributed by atoms with Crippen molar-refractivity contribution in [1.82, 2.24) is 19.9 Å². The second-order valence-corrected chi connectivity index (χ2v) is 11.5. The minimum atomic E-state index is 0.468. The van der Waals surface area contributed by atoms with E-state index in [2.05, 4.69) is 39.2 Å². The molecule has 0 atom stereocenters. The van der Waals surface area contributed by atoms with Crippen LogP contribution in [0.15, 0.2) is 152 Å². The standard InChI is InChI=1S/C24H21N3O.C18H17N3O/c25-24-22(15-18-7-3-1-4-8-18)27-23(16-26-24)20-11-13-21(14-12-20)28-17-19-9-5-2-6-10-19;1-22-15-9-7-14(8-10-15)17-12-20-18(19)16(21-17)11-13-5-3-2-4-6-13/h1-14,16H,15,17H2,(H2,25,26);2-10,12H,11H2,1H3,(H2,19,20). The lowest BCUT2D eigenvalue weighted by Gasteiger charge is -2.09. The predicted octanol–water partition coefficient (Wildman–Crippen LogP) is 8.22. The lowest BCUT2D eigenvalue weighted by Crippen LogP contribution is -2.03. The molecule has 8 nitrogen and oxygen atoms in total. The number of nitrogens with two attached hydrogens (primary N) is 2. The number of rotatable bonds is 10. The second-order valence-electron chi connectivity index (χ2n) is 11.5. The molecule has 0 amide bonds. The first-order chi connectivity index (χ1) is 24.5. The van der Waals surface area contributed by atoms with Crippen molar-refractivity contribution >= 4 is 11.6 Å². The largest absolute Gasteiger partial charge is 0.497 e. The molecule has 248 valence electrons. The quantitative estimate of drug-likeness (QED) is 0.151. The van der Waals surface area contributed by atoms with Crippen LogP contribution in [0.4, 0.5) is 11.6 Å². The molecule has 0 spiro atoms. The number of nitrogens with zero attached hydrogens (tertiary/aromatic N) is 4. The first-order valence-corrected chi connectivity index (χ1v) is 16.3. The van der Waals surface area contributed by atoms with E-state index in [9.17, 15) is 0 Å². The molecule has 8 heteroatoms. The monoisotopic (exact) mass is 658 g/mol. The van der Waals surface area contributed by atoms with Gasteiger partial charge in [-0.25, -0.2) is 19.9 Å². The van der Waals surface area contributed by atoms with Crippen LogP contribution in [0.25, 0.3) is 22.5 Å². The summed E-state index contributed by atoms with van der Waals surface area (Å²) >= 11 is 0. The molecule has 0 aliphatic carbocycles. The van der Waals surface area contributed by atoms with Gasteiger partial charge in [0.25, 0.3) is 0 Å². The molecule has 7 rings (SSSR count). The van der Waals surface area contributed by atoms with Crippen molar-refractivity contribution in [2.75, 3.05) is 18.6 Å². The zero-order valence-corrected chi connectivity index (χ0v) is 27.8. The number of hydrogen-bond donors (Lipinski definition) is 2. The van der Waals surface area contributed by atoms with Crippen molar-refractivity contribution in [2.45, 2.75) is 19.4 Å². The van der Waals surface area contributed by atoms with Crippen LogP contribution < -0.4 is 20.9 Å². The van der Waals surface area contributed by atoms with Gasteiger partial charge in [0.15, 0.2) is 0 Å². The summed E-state index contributed by atoms with van der Waals surface area (Å²) in [6.45, 7) is 0.545. The van der Waals surface area contributed by atoms with Gasteiger partial charge in [0.1, 0.15) is 29.7 Å². The maximum absolute atomic E-state index is 6.04. The van der Waals surface area contributed by atoms with Gasteiger partial charge in [-0.05, 0) is 65.2 Å². The van der Waals surface area contributed by atoms with Crippen molar-refractivity contribution in [3.8, 4) is 34.0 Å². The normalized spacial score (nSPS) is 10.5. The summed E-state index contributed by atoms with van der Waals surface area (Å²) in [5.74, 6) is 2.58. The van der Waals surface area contributed by atoms with Crippen LogP contribution in [-0.2, 0) is 19.4 Å². The smallest absolute Gasteiger partial charge is 0.145 e. The maximum Gasteiger partial charge on any atom is 0.145 e.